The number of unbranched alkanes of at least 4 members (excludes halogenated alkanes) is 2. The molecule has 20 heavy (non-hydrogen) atoms. The Kier molecular flexibility index (Phi) is 7.54. The Balaban J connectivity index is 2.25. The van der Waals surface area contributed by atoms with Crippen molar-refractivity contribution in [3.05, 3.63) is 0 Å². The lowest BCUT2D eigenvalue weighted by molar-refractivity contribution is -0.139. The minimum absolute atomic E-state index is 0.0767. The molecule has 116 valence electrons. The van der Waals surface area contributed by atoms with Crippen molar-refractivity contribution >= 4 is 11.9 Å². The first kappa shape index (κ1) is 16.9. The van der Waals surface area contributed by atoms with E-state index in [-0.39, 0.29) is 18.5 Å². The SMILES string of the molecule is CCCCCNC(=O)C(C)N1CCN(CC(=O)O)CC1. The number of amides is 1. The van der Waals surface area contributed by atoms with Crippen LogP contribution in [0.25, 0.3) is 0 Å². The summed E-state index contributed by atoms with van der Waals surface area (Å²) in [7, 11) is 0. The monoisotopic (exact) mass is 285 g/mol. The van der Waals surface area contributed by atoms with Gasteiger partial charge < -0.3 is 10.4 Å². The van der Waals surface area contributed by atoms with Gasteiger partial charge in [0.15, 0.2) is 0 Å². The summed E-state index contributed by atoms with van der Waals surface area (Å²) in [6.07, 6.45) is 3.32. The van der Waals surface area contributed by atoms with Gasteiger partial charge in [0.2, 0.25) is 5.91 Å². The molecule has 1 atom stereocenters. The fourth-order valence-electron chi connectivity index (χ4n) is 2.40. The van der Waals surface area contributed by atoms with E-state index in [2.05, 4.69) is 17.1 Å². The summed E-state index contributed by atoms with van der Waals surface area (Å²) in [6.45, 7) is 7.80. The van der Waals surface area contributed by atoms with E-state index in [0.29, 0.717) is 13.1 Å². The van der Waals surface area contributed by atoms with Crippen LogP contribution in [0.4, 0.5) is 0 Å². The highest BCUT2D eigenvalue weighted by Crippen LogP contribution is 2.06. The average Bonchev–Trinajstić information content (AvgIpc) is 2.43. The van der Waals surface area contributed by atoms with Crippen molar-refractivity contribution in [2.45, 2.75) is 39.2 Å². The second kappa shape index (κ2) is 8.92. The molecular weight excluding hydrogens is 258 g/mol. The van der Waals surface area contributed by atoms with Crippen LogP contribution in [0.15, 0.2) is 0 Å². The van der Waals surface area contributed by atoms with Crippen LogP contribution in [0.2, 0.25) is 0 Å². The second-order valence-electron chi connectivity index (χ2n) is 5.38. The third-order valence-corrected chi connectivity index (χ3v) is 3.77. The van der Waals surface area contributed by atoms with Crippen molar-refractivity contribution in [2.75, 3.05) is 39.3 Å². The van der Waals surface area contributed by atoms with Crippen LogP contribution in [0.3, 0.4) is 0 Å². The molecule has 6 heteroatoms. The summed E-state index contributed by atoms with van der Waals surface area (Å²) in [6, 6.07) is -0.136. The minimum atomic E-state index is -0.792. The van der Waals surface area contributed by atoms with Gasteiger partial charge in [-0.3, -0.25) is 19.4 Å². The zero-order valence-electron chi connectivity index (χ0n) is 12.6. The first-order chi connectivity index (χ1) is 9.54. The van der Waals surface area contributed by atoms with Gasteiger partial charge >= 0.3 is 5.97 Å². The lowest BCUT2D eigenvalue weighted by atomic mass is 10.2. The van der Waals surface area contributed by atoms with Crippen molar-refractivity contribution in [1.29, 1.82) is 0 Å². The molecule has 1 saturated heterocycles. The first-order valence-electron chi connectivity index (χ1n) is 7.50. The van der Waals surface area contributed by atoms with Crippen molar-refractivity contribution < 1.29 is 14.7 Å². The zero-order valence-corrected chi connectivity index (χ0v) is 12.6. The number of aliphatic carboxylic acids is 1. The maximum atomic E-state index is 12.0. The fourth-order valence-corrected chi connectivity index (χ4v) is 2.40. The number of nitrogens with zero attached hydrogens (tertiary/aromatic N) is 2. The molecule has 1 rings (SSSR count). The Labute approximate surface area is 121 Å². The van der Waals surface area contributed by atoms with Gasteiger partial charge in [0.1, 0.15) is 0 Å². The highest BCUT2D eigenvalue weighted by atomic mass is 16.4. The molecule has 2 N–H and O–H groups in total. The van der Waals surface area contributed by atoms with Crippen molar-refractivity contribution in [3.63, 3.8) is 0 Å². The van der Waals surface area contributed by atoms with Gasteiger partial charge in [0.25, 0.3) is 0 Å². The molecule has 6 nitrogen and oxygen atoms in total. The topological polar surface area (TPSA) is 72.9 Å². The molecule has 1 unspecified atom stereocenters. The molecule has 1 fully saturated rings. The number of carboxylic acid groups (broad SMARTS) is 1. The molecule has 0 saturated carbocycles. The number of carboxylic acids is 1. The summed E-state index contributed by atoms with van der Waals surface area (Å²) >= 11 is 0. The highest BCUT2D eigenvalue weighted by Gasteiger charge is 2.25. The highest BCUT2D eigenvalue weighted by molar-refractivity contribution is 5.81. The number of rotatable bonds is 8. The van der Waals surface area contributed by atoms with Gasteiger partial charge in [0, 0.05) is 32.7 Å². The molecule has 0 aromatic rings. The third kappa shape index (κ3) is 5.88. The van der Waals surface area contributed by atoms with E-state index < -0.39 is 5.97 Å². The summed E-state index contributed by atoms with van der Waals surface area (Å²) in [5, 5.41) is 11.7. The van der Waals surface area contributed by atoms with Gasteiger partial charge in [0.05, 0.1) is 12.6 Å². The Morgan fingerprint density at radius 2 is 1.85 bits per heavy atom. The molecular formula is C14H27N3O3. The van der Waals surface area contributed by atoms with E-state index >= 15 is 0 Å². The van der Waals surface area contributed by atoms with E-state index in [0.717, 1.165) is 38.9 Å². The van der Waals surface area contributed by atoms with E-state index in [1.807, 2.05) is 11.8 Å². The quantitative estimate of drug-likeness (QED) is 0.631. The van der Waals surface area contributed by atoms with Gasteiger partial charge in [-0.15, -0.1) is 0 Å². The largest absolute Gasteiger partial charge is 0.480 e. The summed E-state index contributed by atoms with van der Waals surface area (Å²) in [5.41, 5.74) is 0. The van der Waals surface area contributed by atoms with Crippen molar-refractivity contribution in [3.8, 4) is 0 Å². The number of piperazine rings is 1. The minimum Gasteiger partial charge on any atom is -0.480 e. The fraction of sp³-hybridized carbons (Fsp3) is 0.857. The smallest absolute Gasteiger partial charge is 0.317 e. The van der Waals surface area contributed by atoms with Gasteiger partial charge in [-0.1, -0.05) is 19.8 Å². The van der Waals surface area contributed by atoms with E-state index in [4.69, 9.17) is 5.11 Å². The first-order valence-corrected chi connectivity index (χ1v) is 7.50. The Hall–Kier alpha value is -1.14. The molecule has 0 aromatic heterocycles. The van der Waals surface area contributed by atoms with Gasteiger partial charge in [-0.25, -0.2) is 0 Å². The number of nitrogens with one attached hydrogen (secondary N) is 1. The Morgan fingerprint density at radius 1 is 1.20 bits per heavy atom. The van der Waals surface area contributed by atoms with Gasteiger partial charge in [-0.05, 0) is 13.3 Å². The average molecular weight is 285 g/mol. The molecule has 0 aromatic carbocycles. The number of carbonyl (C=O) groups is 2. The molecule has 1 heterocycles. The predicted molar refractivity (Wildman–Crippen MR) is 77.6 cm³/mol. The maximum absolute atomic E-state index is 12.0. The van der Waals surface area contributed by atoms with Crippen LogP contribution in [0, 0.1) is 0 Å². The second-order valence-corrected chi connectivity index (χ2v) is 5.38. The molecule has 1 aliphatic rings. The van der Waals surface area contributed by atoms with E-state index in [1.54, 1.807) is 0 Å². The van der Waals surface area contributed by atoms with Crippen LogP contribution in [-0.2, 0) is 9.59 Å². The van der Waals surface area contributed by atoms with E-state index in [9.17, 15) is 9.59 Å². The van der Waals surface area contributed by atoms with Crippen LogP contribution >= 0.6 is 0 Å². The molecule has 0 radical (unpaired) electrons. The number of carbonyl (C=O) groups excluding carboxylic acids is 1. The molecule has 0 bridgehead atoms. The lowest BCUT2D eigenvalue weighted by Gasteiger charge is -2.36. The summed E-state index contributed by atoms with van der Waals surface area (Å²) < 4.78 is 0. The Bertz CT molecular complexity index is 315. The lowest BCUT2D eigenvalue weighted by Crippen LogP contribution is -2.54. The maximum Gasteiger partial charge on any atom is 0.317 e. The molecule has 0 aliphatic carbocycles. The zero-order chi connectivity index (χ0) is 15.0. The number of hydrogen-bond donors (Lipinski definition) is 2. The molecule has 0 spiro atoms. The van der Waals surface area contributed by atoms with Crippen LogP contribution < -0.4 is 5.32 Å². The standard InChI is InChI=1S/C14H27N3O3/c1-3-4-5-6-15-14(20)12(2)17-9-7-16(8-10-17)11-13(18)19/h12H,3-11H2,1-2H3,(H,15,20)(H,18,19). The Morgan fingerprint density at radius 3 is 2.40 bits per heavy atom. The van der Waals surface area contributed by atoms with Crippen LogP contribution in [0.1, 0.15) is 33.1 Å². The number of hydrogen-bond acceptors (Lipinski definition) is 4. The van der Waals surface area contributed by atoms with Crippen molar-refractivity contribution in [1.82, 2.24) is 15.1 Å². The normalized spacial score (nSPS) is 18.7. The third-order valence-electron chi connectivity index (χ3n) is 3.77. The van der Waals surface area contributed by atoms with Crippen LogP contribution in [-0.4, -0.2) is 72.1 Å². The summed E-state index contributed by atoms with van der Waals surface area (Å²) in [5.74, 6) is -0.715. The van der Waals surface area contributed by atoms with Crippen molar-refractivity contribution in [2.24, 2.45) is 0 Å². The molecule has 1 aliphatic heterocycles. The predicted octanol–water partition coefficient (Wildman–Crippen LogP) is 0.384. The van der Waals surface area contributed by atoms with Crippen LogP contribution in [0.5, 0.6) is 0 Å². The van der Waals surface area contributed by atoms with E-state index in [1.165, 1.54) is 0 Å². The van der Waals surface area contributed by atoms with Gasteiger partial charge in [-0.2, -0.15) is 0 Å². The summed E-state index contributed by atoms with van der Waals surface area (Å²) in [4.78, 5) is 26.7. The molecule has 1 amide bonds.